The van der Waals surface area contributed by atoms with E-state index in [1.165, 1.54) is 17.7 Å². The fourth-order valence-electron chi connectivity index (χ4n) is 4.76. The Hall–Kier alpha value is -1.88. The Morgan fingerprint density at radius 2 is 1.65 bits per heavy atom. The van der Waals surface area contributed by atoms with Gasteiger partial charge in [-0.05, 0) is 47.9 Å². The predicted octanol–water partition coefficient (Wildman–Crippen LogP) is 2.74. The van der Waals surface area contributed by atoms with E-state index in [4.69, 9.17) is 1.37 Å². The molecule has 4 heteroatoms. The molecule has 4 rings (SSSR count). The summed E-state index contributed by atoms with van der Waals surface area (Å²) in [5, 5.41) is 31.0. The summed E-state index contributed by atoms with van der Waals surface area (Å²) >= 11 is 0. The van der Waals surface area contributed by atoms with Crippen molar-refractivity contribution in [3.63, 3.8) is 0 Å². The van der Waals surface area contributed by atoms with E-state index in [0.717, 1.165) is 25.9 Å². The number of fused-ring (bicyclic) bond motifs is 1. The maximum absolute atomic E-state index is 11.0. The third kappa shape index (κ3) is 3.78. The maximum atomic E-state index is 11.0. The first-order chi connectivity index (χ1) is 12.8. The first-order valence-electron chi connectivity index (χ1n) is 9.84. The SMILES string of the molecule is [2H]C(O)(CN1C[C@@H]2C[C@@](O)(Cc3ccccc3)C[C@@H]2C1)c1ccc(O)cc1. The molecule has 4 atom stereocenters. The van der Waals surface area contributed by atoms with Gasteiger partial charge in [-0.2, -0.15) is 0 Å². The topological polar surface area (TPSA) is 63.9 Å². The molecule has 2 fully saturated rings. The third-order valence-electron chi connectivity index (χ3n) is 5.89. The van der Waals surface area contributed by atoms with E-state index in [2.05, 4.69) is 17.0 Å². The lowest BCUT2D eigenvalue weighted by Gasteiger charge is -2.27. The number of benzene rings is 2. The van der Waals surface area contributed by atoms with Crippen molar-refractivity contribution in [3.8, 4) is 5.75 Å². The second-order valence-corrected chi connectivity index (χ2v) is 8.00. The minimum absolute atomic E-state index is 0.128. The highest BCUT2D eigenvalue weighted by atomic mass is 16.3. The Labute approximate surface area is 156 Å². The van der Waals surface area contributed by atoms with Crippen molar-refractivity contribution in [2.75, 3.05) is 19.6 Å². The van der Waals surface area contributed by atoms with Crippen LogP contribution in [0.5, 0.6) is 5.75 Å². The molecule has 1 heterocycles. The molecule has 1 aliphatic carbocycles. The molecule has 0 bridgehead atoms. The average molecular weight is 354 g/mol. The lowest BCUT2D eigenvalue weighted by atomic mass is 9.91. The number of rotatable bonds is 5. The van der Waals surface area contributed by atoms with E-state index < -0.39 is 11.7 Å². The van der Waals surface area contributed by atoms with Crippen LogP contribution in [-0.2, 0) is 6.42 Å². The molecule has 2 aromatic rings. The standard InChI is InChI=1S/C22H27NO3/c24-20-8-6-17(7-9-20)21(25)15-23-13-18-11-22(26,12-19(18)14-23)10-16-4-2-1-3-5-16/h1-9,18-19,21,24-26H,10-15H2/t18-,19+,21?,22-/i21D. The van der Waals surface area contributed by atoms with Crippen molar-refractivity contribution < 1.29 is 16.7 Å². The van der Waals surface area contributed by atoms with Crippen LogP contribution in [0.15, 0.2) is 54.6 Å². The third-order valence-corrected chi connectivity index (χ3v) is 5.89. The van der Waals surface area contributed by atoms with E-state index in [9.17, 15) is 15.3 Å². The molecular formula is C22H27NO3. The summed E-state index contributed by atoms with van der Waals surface area (Å²) in [7, 11) is 0. The Bertz CT molecular complexity index is 764. The van der Waals surface area contributed by atoms with Gasteiger partial charge >= 0.3 is 0 Å². The molecule has 0 aromatic heterocycles. The summed E-state index contributed by atoms with van der Waals surface area (Å²) in [6.45, 7) is 1.85. The molecule has 0 spiro atoms. The van der Waals surface area contributed by atoms with E-state index in [-0.39, 0.29) is 12.3 Å². The zero-order valence-electron chi connectivity index (χ0n) is 15.9. The number of phenols is 1. The van der Waals surface area contributed by atoms with Gasteiger partial charge in [0.15, 0.2) is 0 Å². The summed E-state index contributed by atoms with van der Waals surface area (Å²) in [6, 6.07) is 16.3. The van der Waals surface area contributed by atoms with E-state index in [1.807, 2.05) is 18.2 Å². The van der Waals surface area contributed by atoms with Gasteiger partial charge in [-0.15, -0.1) is 0 Å². The molecule has 0 amide bonds. The van der Waals surface area contributed by atoms with Crippen molar-refractivity contribution in [2.24, 2.45) is 11.8 Å². The number of likely N-dealkylation sites (tertiary alicyclic amines) is 1. The van der Waals surface area contributed by atoms with Gasteiger partial charge in [-0.25, -0.2) is 0 Å². The number of hydrogen-bond donors (Lipinski definition) is 3. The number of β-amino-alcohol motifs (C(OH)–C–C–N with tert-alkyl or cyclic N) is 1. The number of aliphatic hydroxyl groups is 2. The van der Waals surface area contributed by atoms with Crippen molar-refractivity contribution in [1.29, 1.82) is 0 Å². The Morgan fingerprint density at radius 1 is 1.04 bits per heavy atom. The summed E-state index contributed by atoms with van der Waals surface area (Å²) in [4.78, 5) is 2.14. The molecule has 2 aromatic carbocycles. The molecule has 2 aliphatic rings. The smallest absolute Gasteiger partial charge is 0.115 e. The van der Waals surface area contributed by atoms with Gasteiger partial charge in [0, 0.05) is 26.1 Å². The second kappa shape index (κ2) is 7.03. The van der Waals surface area contributed by atoms with Crippen LogP contribution in [0, 0.1) is 11.8 Å². The van der Waals surface area contributed by atoms with Crippen LogP contribution in [-0.4, -0.2) is 45.5 Å². The quantitative estimate of drug-likeness (QED) is 0.773. The van der Waals surface area contributed by atoms with Crippen molar-refractivity contribution in [3.05, 3.63) is 65.7 Å². The summed E-state index contributed by atoms with van der Waals surface area (Å²) in [5.74, 6) is 0.951. The fraction of sp³-hybridized carbons (Fsp3) is 0.455. The van der Waals surface area contributed by atoms with E-state index in [0.29, 0.717) is 23.8 Å². The van der Waals surface area contributed by atoms with Gasteiger partial charge in [0.25, 0.3) is 0 Å². The van der Waals surface area contributed by atoms with Crippen molar-refractivity contribution in [1.82, 2.24) is 4.90 Å². The Kier molecular flexibility index (Phi) is 4.41. The minimum atomic E-state index is -1.70. The molecular weight excluding hydrogens is 326 g/mol. The zero-order valence-corrected chi connectivity index (χ0v) is 14.9. The van der Waals surface area contributed by atoms with Crippen LogP contribution in [0.1, 0.15) is 31.4 Å². The number of aromatic hydroxyl groups is 1. The average Bonchev–Trinajstić information content (AvgIpc) is 3.09. The van der Waals surface area contributed by atoms with Gasteiger partial charge in [0.05, 0.1) is 13.1 Å². The van der Waals surface area contributed by atoms with Gasteiger partial charge < -0.3 is 15.3 Å². The van der Waals surface area contributed by atoms with Crippen LogP contribution >= 0.6 is 0 Å². The minimum Gasteiger partial charge on any atom is -0.508 e. The van der Waals surface area contributed by atoms with Crippen molar-refractivity contribution >= 4 is 0 Å². The summed E-state index contributed by atoms with van der Waals surface area (Å²) in [5.41, 5.74) is 1.01. The second-order valence-electron chi connectivity index (χ2n) is 8.00. The first kappa shape index (κ1) is 16.3. The number of phenolic OH excluding ortho intramolecular Hbond substituents is 1. The predicted molar refractivity (Wildman–Crippen MR) is 101 cm³/mol. The zero-order chi connectivity index (χ0) is 19.1. The molecule has 26 heavy (non-hydrogen) atoms. The van der Waals surface area contributed by atoms with E-state index in [1.54, 1.807) is 12.1 Å². The maximum Gasteiger partial charge on any atom is 0.115 e. The van der Waals surface area contributed by atoms with Crippen LogP contribution in [0.2, 0.25) is 0 Å². The molecule has 1 saturated carbocycles. The van der Waals surface area contributed by atoms with Gasteiger partial charge in [0.2, 0.25) is 0 Å². The molecule has 1 saturated heterocycles. The first-order valence-corrected chi connectivity index (χ1v) is 9.34. The molecule has 138 valence electrons. The van der Waals surface area contributed by atoms with Gasteiger partial charge in [-0.1, -0.05) is 42.5 Å². The number of nitrogens with zero attached hydrogens (tertiary/aromatic N) is 1. The summed E-state index contributed by atoms with van der Waals surface area (Å²) < 4.78 is 8.32. The molecule has 3 N–H and O–H groups in total. The fourth-order valence-corrected chi connectivity index (χ4v) is 4.76. The molecule has 1 unspecified atom stereocenters. The Morgan fingerprint density at radius 3 is 2.27 bits per heavy atom. The number of hydrogen-bond acceptors (Lipinski definition) is 4. The molecule has 1 aliphatic heterocycles. The molecule has 4 nitrogen and oxygen atoms in total. The van der Waals surface area contributed by atoms with Crippen LogP contribution in [0.25, 0.3) is 0 Å². The lowest BCUT2D eigenvalue weighted by molar-refractivity contribution is 0.0328. The van der Waals surface area contributed by atoms with Crippen LogP contribution < -0.4 is 0 Å². The highest BCUT2D eigenvalue weighted by Gasteiger charge is 2.48. The highest BCUT2D eigenvalue weighted by molar-refractivity contribution is 5.27. The van der Waals surface area contributed by atoms with Crippen LogP contribution in [0.3, 0.4) is 0 Å². The normalized spacial score (nSPS) is 31.4. The lowest BCUT2D eigenvalue weighted by Crippen LogP contribution is -2.33. The van der Waals surface area contributed by atoms with Crippen LogP contribution in [0.4, 0.5) is 0 Å². The largest absolute Gasteiger partial charge is 0.508 e. The highest BCUT2D eigenvalue weighted by Crippen LogP contribution is 2.45. The monoisotopic (exact) mass is 354 g/mol. The van der Waals surface area contributed by atoms with Gasteiger partial charge in [-0.3, -0.25) is 4.90 Å². The summed E-state index contributed by atoms with van der Waals surface area (Å²) in [6.07, 6.45) is 0.542. The van der Waals surface area contributed by atoms with E-state index >= 15 is 0 Å². The van der Waals surface area contributed by atoms with Crippen molar-refractivity contribution in [2.45, 2.75) is 30.9 Å². The Balaban J connectivity index is 1.36. The van der Waals surface area contributed by atoms with Gasteiger partial charge in [0.1, 0.15) is 5.75 Å². The molecule has 0 radical (unpaired) electrons.